The van der Waals surface area contributed by atoms with Crippen molar-refractivity contribution < 1.29 is 14.4 Å². The minimum Gasteiger partial charge on any atom is -0.346 e. The van der Waals surface area contributed by atoms with Crippen LogP contribution in [0.3, 0.4) is 0 Å². The molecule has 3 amide bonds. The number of piperidine rings is 1. The first-order valence-electron chi connectivity index (χ1n) is 9.32. The summed E-state index contributed by atoms with van der Waals surface area (Å²) in [7, 11) is 0. The van der Waals surface area contributed by atoms with Gasteiger partial charge in [0, 0.05) is 49.9 Å². The second-order valence-corrected chi connectivity index (χ2v) is 7.22. The molecule has 4 rings (SSSR count). The zero-order valence-electron chi connectivity index (χ0n) is 15.1. The van der Waals surface area contributed by atoms with E-state index < -0.39 is 6.04 Å². The number of likely N-dealkylation sites (tertiary alicyclic amines) is 2. The molecule has 2 saturated heterocycles. The number of hydrogen-bond acceptors (Lipinski definition) is 5. The summed E-state index contributed by atoms with van der Waals surface area (Å²) in [4.78, 5) is 43.9. The quantitative estimate of drug-likeness (QED) is 0.791. The maximum atomic E-state index is 12.6. The van der Waals surface area contributed by atoms with E-state index in [1.165, 1.54) is 4.90 Å². The summed E-state index contributed by atoms with van der Waals surface area (Å²) in [6, 6.07) is 3.12. The highest BCUT2D eigenvalue weighted by molar-refractivity contribution is 6.05. The molecule has 0 spiro atoms. The van der Waals surface area contributed by atoms with Gasteiger partial charge in [-0.05, 0) is 25.0 Å². The topological polar surface area (TPSA) is 102 Å². The fourth-order valence-corrected chi connectivity index (χ4v) is 4.03. The van der Waals surface area contributed by atoms with Crippen molar-refractivity contribution in [1.82, 2.24) is 19.4 Å². The smallest absolute Gasteiger partial charge is 0.246 e. The average molecular weight is 369 g/mol. The first-order valence-corrected chi connectivity index (χ1v) is 9.32. The van der Waals surface area contributed by atoms with E-state index in [0.717, 1.165) is 10.9 Å². The molecule has 2 aromatic heterocycles. The van der Waals surface area contributed by atoms with Crippen molar-refractivity contribution in [1.29, 1.82) is 0 Å². The molecule has 0 aromatic carbocycles. The Morgan fingerprint density at radius 1 is 1.22 bits per heavy atom. The highest BCUT2D eigenvalue weighted by atomic mass is 16.2. The van der Waals surface area contributed by atoms with Crippen LogP contribution < -0.4 is 5.73 Å². The van der Waals surface area contributed by atoms with Gasteiger partial charge in [0.25, 0.3) is 0 Å². The largest absolute Gasteiger partial charge is 0.346 e. The number of amides is 3. The summed E-state index contributed by atoms with van der Waals surface area (Å²) >= 11 is 0. The van der Waals surface area contributed by atoms with Crippen LogP contribution in [0.25, 0.3) is 10.9 Å². The summed E-state index contributed by atoms with van der Waals surface area (Å²) in [6.07, 6.45) is 7.27. The Labute approximate surface area is 156 Å². The third-order valence-corrected chi connectivity index (χ3v) is 5.54. The van der Waals surface area contributed by atoms with Gasteiger partial charge in [-0.1, -0.05) is 0 Å². The van der Waals surface area contributed by atoms with Crippen LogP contribution in [0.15, 0.2) is 30.7 Å². The molecule has 0 bridgehead atoms. The van der Waals surface area contributed by atoms with Crippen molar-refractivity contribution in [3.63, 3.8) is 0 Å². The van der Waals surface area contributed by atoms with Crippen molar-refractivity contribution in [2.24, 2.45) is 5.73 Å². The van der Waals surface area contributed by atoms with Crippen LogP contribution in [0.2, 0.25) is 0 Å². The molecule has 1 atom stereocenters. The van der Waals surface area contributed by atoms with Gasteiger partial charge < -0.3 is 15.2 Å². The molecule has 2 fully saturated rings. The summed E-state index contributed by atoms with van der Waals surface area (Å²) in [5.41, 5.74) is 6.70. The average Bonchev–Trinajstić information content (AvgIpc) is 3.20. The van der Waals surface area contributed by atoms with E-state index in [1.54, 1.807) is 12.4 Å². The third-order valence-electron chi connectivity index (χ3n) is 5.54. The Hall–Kier alpha value is -2.74. The molecule has 0 aliphatic carbocycles. The van der Waals surface area contributed by atoms with E-state index in [-0.39, 0.29) is 30.2 Å². The Bertz CT molecular complexity index is 884. The predicted molar refractivity (Wildman–Crippen MR) is 98.4 cm³/mol. The number of nitrogens with two attached hydrogens (primary N) is 1. The number of hydrogen-bond donors (Lipinski definition) is 1. The van der Waals surface area contributed by atoms with Crippen LogP contribution in [0.5, 0.6) is 0 Å². The molecule has 4 heterocycles. The van der Waals surface area contributed by atoms with Crippen LogP contribution in [0.4, 0.5) is 0 Å². The van der Waals surface area contributed by atoms with Crippen molar-refractivity contribution in [2.45, 2.75) is 44.3 Å². The first kappa shape index (κ1) is 17.7. The molecule has 2 aromatic rings. The van der Waals surface area contributed by atoms with Gasteiger partial charge >= 0.3 is 0 Å². The molecule has 8 nitrogen and oxygen atoms in total. The van der Waals surface area contributed by atoms with Gasteiger partial charge in [0.05, 0.1) is 24.2 Å². The Kier molecular flexibility index (Phi) is 4.65. The van der Waals surface area contributed by atoms with Crippen LogP contribution in [-0.4, -0.2) is 62.2 Å². The number of pyridine rings is 1. The fourth-order valence-electron chi connectivity index (χ4n) is 4.03. The number of rotatable bonds is 4. The minimum absolute atomic E-state index is 0.0926. The van der Waals surface area contributed by atoms with E-state index in [0.29, 0.717) is 38.9 Å². The van der Waals surface area contributed by atoms with E-state index >= 15 is 0 Å². The van der Waals surface area contributed by atoms with Gasteiger partial charge in [0.1, 0.15) is 0 Å². The Balaban J connectivity index is 1.31. The number of carbonyl (C=O) groups excluding carboxylic acids is 3. The zero-order valence-corrected chi connectivity index (χ0v) is 15.1. The minimum atomic E-state index is -0.706. The van der Waals surface area contributed by atoms with Crippen molar-refractivity contribution in [3.05, 3.63) is 30.7 Å². The van der Waals surface area contributed by atoms with Crippen LogP contribution in [-0.2, 0) is 20.9 Å². The van der Waals surface area contributed by atoms with Gasteiger partial charge in [0.2, 0.25) is 17.7 Å². The molecule has 1 unspecified atom stereocenters. The van der Waals surface area contributed by atoms with Gasteiger partial charge in [-0.15, -0.1) is 0 Å². The van der Waals surface area contributed by atoms with E-state index in [4.69, 9.17) is 5.73 Å². The monoisotopic (exact) mass is 369 g/mol. The SMILES string of the molecule is NC1CC(=O)N(C2CCN(C(=O)CCn3ccc4ccncc43)CC2)C1=O. The molecule has 27 heavy (non-hydrogen) atoms. The second-order valence-electron chi connectivity index (χ2n) is 7.22. The number of aryl methyl sites for hydroxylation is 1. The highest BCUT2D eigenvalue weighted by Gasteiger charge is 2.41. The van der Waals surface area contributed by atoms with E-state index in [9.17, 15) is 14.4 Å². The molecular formula is C19H23N5O3. The van der Waals surface area contributed by atoms with Gasteiger partial charge in [-0.25, -0.2) is 0 Å². The van der Waals surface area contributed by atoms with Gasteiger partial charge in [-0.2, -0.15) is 0 Å². The van der Waals surface area contributed by atoms with Gasteiger partial charge in [-0.3, -0.25) is 24.3 Å². The van der Waals surface area contributed by atoms with Crippen molar-refractivity contribution in [3.8, 4) is 0 Å². The second kappa shape index (κ2) is 7.11. The lowest BCUT2D eigenvalue weighted by molar-refractivity contribution is -0.143. The summed E-state index contributed by atoms with van der Waals surface area (Å²) in [5.74, 6) is -0.377. The third kappa shape index (κ3) is 3.32. The molecule has 0 saturated carbocycles. The van der Waals surface area contributed by atoms with Crippen LogP contribution in [0, 0.1) is 0 Å². The Morgan fingerprint density at radius 3 is 2.70 bits per heavy atom. The molecule has 0 radical (unpaired) electrons. The number of fused-ring (bicyclic) bond motifs is 1. The molecule has 142 valence electrons. The van der Waals surface area contributed by atoms with Gasteiger partial charge in [0.15, 0.2) is 0 Å². The highest BCUT2D eigenvalue weighted by Crippen LogP contribution is 2.23. The molecular weight excluding hydrogens is 346 g/mol. The fraction of sp³-hybridized carbons (Fsp3) is 0.474. The number of nitrogens with zero attached hydrogens (tertiary/aromatic N) is 4. The summed E-state index contributed by atoms with van der Waals surface area (Å²) < 4.78 is 2.04. The maximum Gasteiger partial charge on any atom is 0.246 e. The summed E-state index contributed by atoms with van der Waals surface area (Å²) in [5, 5.41) is 1.11. The van der Waals surface area contributed by atoms with E-state index in [1.807, 2.05) is 27.8 Å². The lowest BCUT2D eigenvalue weighted by Gasteiger charge is -2.36. The number of aromatic nitrogens is 2. The summed E-state index contributed by atoms with van der Waals surface area (Å²) in [6.45, 7) is 1.72. The zero-order chi connectivity index (χ0) is 19.0. The van der Waals surface area contributed by atoms with Crippen molar-refractivity contribution >= 4 is 28.6 Å². The standard InChI is InChI=1S/C19H23N5O3/c20-15-11-18(26)24(19(15)27)14-3-8-23(9-4-14)17(25)5-10-22-7-2-13-1-6-21-12-16(13)22/h1-2,6-7,12,14-15H,3-5,8-11,20H2. The molecule has 2 N–H and O–H groups in total. The predicted octanol–water partition coefficient (Wildman–Crippen LogP) is 0.504. The van der Waals surface area contributed by atoms with Crippen LogP contribution in [0.1, 0.15) is 25.7 Å². The lowest BCUT2D eigenvalue weighted by Crippen LogP contribution is -2.49. The number of carbonyl (C=O) groups is 3. The molecule has 2 aliphatic heterocycles. The van der Waals surface area contributed by atoms with Crippen LogP contribution >= 0.6 is 0 Å². The normalized spacial score (nSPS) is 21.4. The number of imide groups is 1. The molecule has 2 aliphatic rings. The van der Waals surface area contributed by atoms with Crippen molar-refractivity contribution in [2.75, 3.05) is 13.1 Å². The Morgan fingerprint density at radius 2 is 2.00 bits per heavy atom. The molecule has 8 heteroatoms. The van der Waals surface area contributed by atoms with E-state index in [2.05, 4.69) is 4.98 Å². The first-order chi connectivity index (χ1) is 13.0. The lowest BCUT2D eigenvalue weighted by atomic mass is 10.0. The maximum absolute atomic E-state index is 12.6.